The molecule has 0 heterocycles. The highest BCUT2D eigenvalue weighted by Crippen LogP contribution is 2.30. The Bertz CT molecular complexity index is 218. The normalized spacial score (nSPS) is 23.2. The smallest absolute Gasteiger partial charge is 0.217 e. The zero-order valence-corrected chi connectivity index (χ0v) is 12.4. The number of rotatable bonds is 1. The van der Waals surface area contributed by atoms with Crippen LogP contribution in [0.1, 0.15) is 77.6 Å². The van der Waals surface area contributed by atoms with Crippen LogP contribution >= 0.6 is 9.24 Å². The first-order chi connectivity index (χ1) is 8.12. The summed E-state index contributed by atoms with van der Waals surface area (Å²) >= 11 is 0. The van der Waals surface area contributed by atoms with Crippen LogP contribution < -0.4 is 5.32 Å². The summed E-state index contributed by atoms with van der Waals surface area (Å²) < 4.78 is 0. The molecule has 1 amide bonds. The quantitative estimate of drug-likeness (QED) is 0.707. The third kappa shape index (κ3) is 7.03. The van der Waals surface area contributed by atoms with Crippen LogP contribution in [-0.4, -0.2) is 11.2 Å². The Morgan fingerprint density at radius 2 is 1.24 bits per heavy atom. The topological polar surface area (TPSA) is 29.1 Å². The van der Waals surface area contributed by atoms with Crippen molar-refractivity contribution >= 4 is 15.1 Å². The van der Waals surface area contributed by atoms with Gasteiger partial charge in [-0.1, -0.05) is 57.8 Å². The van der Waals surface area contributed by atoms with Gasteiger partial charge in [0, 0.05) is 6.92 Å². The van der Waals surface area contributed by atoms with E-state index >= 15 is 0 Å². The van der Waals surface area contributed by atoms with E-state index in [9.17, 15) is 4.79 Å². The summed E-state index contributed by atoms with van der Waals surface area (Å²) in [6, 6.07) is 0. The van der Waals surface area contributed by atoms with Gasteiger partial charge in [-0.3, -0.25) is 4.79 Å². The van der Waals surface area contributed by atoms with E-state index in [2.05, 4.69) is 14.6 Å². The van der Waals surface area contributed by atoms with Crippen molar-refractivity contribution in [2.75, 3.05) is 0 Å². The summed E-state index contributed by atoms with van der Waals surface area (Å²) in [5.74, 6) is 0.104. The zero-order chi connectivity index (χ0) is 12.6. The van der Waals surface area contributed by atoms with Gasteiger partial charge in [-0.15, -0.1) is 9.24 Å². The monoisotopic (exact) mass is 257 g/mol. The van der Waals surface area contributed by atoms with Gasteiger partial charge in [-0.25, -0.2) is 0 Å². The van der Waals surface area contributed by atoms with Gasteiger partial charge in [-0.05, 0) is 12.8 Å². The molecule has 1 N–H and O–H groups in total. The lowest BCUT2D eigenvalue weighted by atomic mass is 9.97. The summed E-state index contributed by atoms with van der Waals surface area (Å²) in [6.07, 6.45) is 14.3. The molecule has 0 aromatic heterocycles. The second-order valence-corrected chi connectivity index (χ2v) is 6.62. The van der Waals surface area contributed by atoms with E-state index in [0.29, 0.717) is 0 Å². The van der Waals surface area contributed by atoms with Gasteiger partial charge in [0.15, 0.2) is 0 Å². The molecule has 1 atom stereocenters. The highest BCUT2D eigenvalue weighted by molar-refractivity contribution is 7.18. The Kier molecular flexibility index (Phi) is 7.11. The number of hydrogen-bond donors (Lipinski definition) is 1. The molecule has 0 aromatic rings. The number of nitrogens with one attached hydrogen (secondary N) is 1. The molecule has 0 aliphatic heterocycles. The van der Waals surface area contributed by atoms with Crippen molar-refractivity contribution < 1.29 is 4.79 Å². The maximum atomic E-state index is 11.3. The number of carbonyl (C=O) groups is 1. The molecular formula is C14H28NOP. The molecule has 0 saturated heterocycles. The van der Waals surface area contributed by atoms with Crippen molar-refractivity contribution in [1.29, 1.82) is 0 Å². The average molecular weight is 257 g/mol. The van der Waals surface area contributed by atoms with Crippen LogP contribution in [0.25, 0.3) is 0 Å². The fraction of sp³-hybridized carbons (Fsp3) is 0.929. The Labute approximate surface area is 109 Å². The van der Waals surface area contributed by atoms with Gasteiger partial charge < -0.3 is 5.32 Å². The third-order valence-corrected chi connectivity index (χ3v) is 4.39. The average Bonchev–Trinajstić information content (AvgIpc) is 2.22. The van der Waals surface area contributed by atoms with E-state index in [1.807, 2.05) is 0 Å². The van der Waals surface area contributed by atoms with Crippen molar-refractivity contribution in [3.8, 4) is 0 Å². The molecular weight excluding hydrogens is 229 g/mol. The Hall–Kier alpha value is -0.100. The largest absolute Gasteiger partial charge is 0.348 e. The molecule has 1 aliphatic carbocycles. The van der Waals surface area contributed by atoms with Crippen LogP contribution in [-0.2, 0) is 4.79 Å². The lowest BCUT2D eigenvalue weighted by Gasteiger charge is -2.31. The third-order valence-electron chi connectivity index (χ3n) is 3.67. The van der Waals surface area contributed by atoms with Gasteiger partial charge in [0.05, 0.1) is 5.28 Å². The number of amides is 1. The van der Waals surface area contributed by atoms with Crippen LogP contribution in [0, 0.1) is 0 Å². The predicted molar refractivity (Wildman–Crippen MR) is 77.0 cm³/mol. The van der Waals surface area contributed by atoms with E-state index in [4.69, 9.17) is 0 Å². The maximum absolute atomic E-state index is 11.3. The van der Waals surface area contributed by atoms with Gasteiger partial charge in [-0.2, -0.15) is 0 Å². The van der Waals surface area contributed by atoms with Crippen molar-refractivity contribution in [2.24, 2.45) is 0 Å². The molecule has 0 bridgehead atoms. The minimum Gasteiger partial charge on any atom is -0.348 e. The molecule has 1 unspecified atom stereocenters. The van der Waals surface area contributed by atoms with Crippen LogP contribution in [0.5, 0.6) is 0 Å². The molecule has 0 spiro atoms. The van der Waals surface area contributed by atoms with Gasteiger partial charge >= 0.3 is 0 Å². The Morgan fingerprint density at radius 3 is 1.59 bits per heavy atom. The number of hydrogen-bond acceptors (Lipinski definition) is 1. The van der Waals surface area contributed by atoms with E-state index in [1.54, 1.807) is 6.92 Å². The van der Waals surface area contributed by atoms with Crippen molar-refractivity contribution in [3.63, 3.8) is 0 Å². The summed E-state index contributed by atoms with van der Waals surface area (Å²) in [6.45, 7) is 1.63. The Morgan fingerprint density at radius 1 is 0.882 bits per heavy atom. The molecule has 1 saturated carbocycles. The SMILES string of the molecule is CC(=O)NC1(P)CCCCCCCCCCC1. The molecule has 1 fully saturated rings. The first-order valence-electron chi connectivity index (χ1n) is 7.20. The minimum atomic E-state index is -0.0367. The molecule has 0 aromatic carbocycles. The second kappa shape index (κ2) is 8.08. The first-order valence-corrected chi connectivity index (χ1v) is 7.78. The fourth-order valence-electron chi connectivity index (χ4n) is 2.72. The van der Waals surface area contributed by atoms with Crippen LogP contribution in [0.3, 0.4) is 0 Å². The summed E-state index contributed by atoms with van der Waals surface area (Å²) in [5, 5.41) is 3.10. The number of carbonyl (C=O) groups excluding carboxylic acids is 1. The second-order valence-electron chi connectivity index (χ2n) is 5.52. The molecule has 17 heavy (non-hydrogen) atoms. The molecule has 2 nitrogen and oxygen atoms in total. The molecule has 3 heteroatoms. The lowest BCUT2D eigenvalue weighted by Crippen LogP contribution is -2.42. The fourth-order valence-corrected chi connectivity index (χ4v) is 3.33. The van der Waals surface area contributed by atoms with Crippen LogP contribution in [0.2, 0.25) is 0 Å². The molecule has 0 radical (unpaired) electrons. The summed E-state index contributed by atoms with van der Waals surface area (Å²) in [5.41, 5.74) is 0. The van der Waals surface area contributed by atoms with Crippen molar-refractivity contribution in [1.82, 2.24) is 5.32 Å². The van der Waals surface area contributed by atoms with E-state index in [1.165, 1.54) is 57.8 Å². The van der Waals surface area contributed by atoms with Crippen molar-refractivity contribution in [2.45, 2.75) is 82.8 Å². The standard InChI is InChI=1S/C14H28NOP/c1-13(16)15-14(17)11-9-7-5-3-2-4-6-8-10-12-14/h2-12,17H2,1H3,(H,15,16). The molecule has 100 valence electrons. The molecule has 1 rings (SSSR count). The van der Waals surface area contributed by atoms with Crippen LogP contribution in [0.4, 0.5) is 0 Å². The first kappa shape index (κ1) is 15.0. The van der Waals surface area contributed by atoms with Gasteiger partial charge in [0.2, 0.25) is 5.91 Å². The summed E-state index contributed by atoms with van der Waals surface area (Å²) in [4.78, 5) is 11.3. The summed E-state index contributed by atoms with van der Waals surface area (Å²) in [7, 11) is 2.90. The van der Waals surface area contributed by atoms with Crippen molar-refractivity contribution in [3.05, 3.63) is 0 Å². The highest BCUT2D eigenvalue weighted by Gasteiger charge is 2.24. The van der Waals surface area contributed by atoms with E-state index < -0.39 is 0 Å². The zero-order valence-electron chi connectivity index (χ0n) is 11.3. The van der Waals surface area contributed by atoms with Gasteiger partial charge in [0.25, 0.3) is 0 Å². The predicted octanol–water partition coefficient (Wildman–Crippen LogP) is 4.00. The lowest BCUT2D eigenvalue weighted by molar-refractivity contribution is -0.120. The maximum Gasteiger partial charge on any atom is 0.217 e. The van der Waals surface area contributed by atoms with E-state index in [-0.39, 0.29) is 11.2 Å². The van der Waals surface area contributed by atoms with Gasteiger partial charge in [0.1, 0.15) is 0 Å². The Balaban J connectivity index is 2.44. The highest BCUT2D eigenvalue weighted by atomic mass is 31.0. The minimum absolute atomic E-state index is 0.0367. The van der Waals surface area contributed by atoms with E-state index in [0.717, 1.165) is 12.8 Å². The molecule has 1 aliphatic rings. The van der Waals surface area contributed by atoms with Crippen LogP contribution in [0.15, 0.2) is 0 Å².